The molecule has 2 heterocycles. The molecule has 0 aliphatic heterocycles. The Kier molecular flexibility index (Phi) is 4.94. The van der Waals surface area contributed by atoms with Gasteiger partial charge in [-0.15, -0.1) is 0 Å². The molecule has 4 rings (SSSR count). The Morgan fingerprint density at radius 2 is 1.83 bits per heavy atom. The lowest BCUT2D eigenvalue weighted by Gasteiger charge is -2.09. The summed E-state index contributed by atoms with van der Waals surface area (Å²) < 4.78 is 45.2. The second-order valence-electron chi connectivity index (χ2n) is 6.73. The number of pyridine rings is 1. The molecule has 0 amide bonds. The van der Waals surface area contributed by atoms with Gasteiger partial charge < -0.3 is 20.4 Å². The minimum atomic E-state index is -4.42. The number of anilines is 2. The standard InChI is InChI=1S/C21H18F3N5O/c1-29-18-10-15(25)5-8-17(18)28-20(29)27-11-13-2-6-16(7-3-13)30-19-9-4-14(12-26-19)21(22,23)24/h2-10,12H,11,25H2,1H3,(H,27,28). The Labute approximate surface area is 170 Å². The van der Waals surface area contributed by atoms with Gasteiger partial charge in [0.1, 0.15) is 5.75 Å². The molecule has 3 N–H and O–H groups in total. The zero-order valence-corrected chi connectivity index (χ0v) is 15.9. The van der Waals surface area contributed by atoms with Crippen molar-refractivity contribution in [2.75, 3.05) is 11.1 Å². The van der Waals surface area contributed by atoms with Crippen molar-refractivity contribution in [3.63, 3.8) is 0 Å². The van der Waals surface area contributed by atoms with E-state index in [1.807, 2.05) is 41.9 Å². The van der Waals surface area contributed by atoms with Gasteiger partial charge >= 0.3 is 6.18 Å². The van der Waals surface area contributed by atoms with E-state index in [0.717, 1.165) is 28.9 Å². The van der Waals surface area contributed by atoms with Gasteiger partial charge in [0, 0.05) is 31.5 Å². The zero-order chi connectivity index (χ0) is 21.3. The molecule has 2 aromatic carbocycles. The molecule has 2 aromatic heterocycles. The quantitative estimate of drug-likeness (QED) is 0.452. The van der Waals surface area contributed by atoms with Gasteiger partial charge in [-0.1, -0.05) is 12.1 Å². The maximum atomic E-state index is 12.6. The molecular formula is C21H18F3N5O. The third kappa shape index (κ3) is 4.14. The molecule has 0 saturated carbocycles. The number of imidazole rings is 1. The smallest absolute Gasteiger partial charge is 0.417 e. The number of nitrogens with two attached hydrogens (primary N) is 1. The monoisotopic (exact) mass is 413 g/mol. The molecule has 0 atom stereocenters. The van der Waals surface area contributed by atoms with Gasteiger partial charge in [0.25, 0.3) is 0 Å². The fraction of sp³-hybridized carbons (Fsp3) is 0.143. The lowest BCUT2D eigenvalue weighted by Crippen LogP contribution is -2.05. The van der Waals surface area contributed by atoms with Gasteiger partial charge in [0.05, 0.1) is 16.6 Å². The molecule has 0 spiro atoms. The Bertz CT molecular complexity index is 1170. The molecule has 9 heteroatoms. The summed E-state index contributed by atoms with van der Waals surface area (Å²) in [5.74, 6) is 1.28. The molecule has 0 aliphatic rings. The first kappa shape index (κ1) is 19.6. The van der Waals surface area contributed by atoms with Crippen LogP contribution >= 0.6 is 0 Å². The van der Waals surface area contributed by atoms with Crippen LogP contribution in [-0.2, 0) is 19.8 Å². The van der Waals surface area contributed by atoms with Crippen LogP contribution in [0.1, 0.15) is 11.1 Å². The van der Waals surface area contributed by atoms with Crippen LogP contribution in [0.25, 0.3) is 11.0 Å². The van der Waals surface area contributed by atoms with Gasteiger partial charge in [0.2, 0.25) is 11.8 Å². The molecule has 0 aliphatic carbocycles. The van der Waals surface area contributed by atoms with Gasteiger partial charge in [-0.3, -0.25) is 0 Å². The van der Waals surface area contributed by atoms with Crippen molar-refractivity contribution in [3.05, 3.63) is 71.9 Å². The first-order valence-corrected chi connectivity index (χ1v) is 9.05. The largest absolute Gasteiger partial charge is 0.439 e. The number of rotatable bonds is 5. The molecule has 0 radical (unpaired) electrons. The number of benzene rings is 2. The molecule has 6 nitrogen and oxygen atoms in total. The lowest BCUT2D eigenvalue weighted by atomic mass is 10.2. The first-order valence-electron chi connectivity index (χ1n) is 9.05. The average molecular weight is 413 g/mol. The SMILES string of the molecule is Cn1c(NCc2ccc(Oc3ccc(C(F)(F)F)cn3)cc2)nc2ccc(N)cc21. The fourth-order valence-electron chi connectivity index (χ4n) is 2.95. The molecular weight excluding hydrogens is 395 g/mol. The van der Waals surface area contributed by atoms with Crippen LogP contribution in [0, 0.1) is 0 Å². The molecule has 0 fully saturated rings. The Hall–Kier alpha value is -3.75. The van der Waals surface area contributed by atoms with E-state index < -0.39 is 11.7 Å². The summed E-state index contributed by atoms with van der Waals surface area (Å²) in [6.45, 7) is 0.533. The van der Waals surface area contributed by atoms with Crippen LogP contribution < -0.4 is 15.8 Å². The van der Waals surface area contributed by atoms with Crippen LogP contribution in [0.5, 0.6) is 11.6 Å². The zero-order valence-electron chi connectivity index (χ0n) is 15.9. The number of halogens is 3. The number of hydrogen-bond donors (Lipinski definition) is 2. The van der Waals surface area contributed by atoms with E-state index in [2.05, 4.69) is 15.3 Å². The lowest BCUT2D eigenvalue weighted by molar-refractivity contribution is -0.137. The van der Waals surface area contributed by atoms with Crippen LogP contribution in [0.3, 0.4) is 0 Å². The number of nitrogens with one attached hydrogen (secondary N) is 1. The van der Waals surface area contributed by atoms with E-state index in [-0.39, 0.29) is 5.88 Å². The number of hydrogen-bond acceptors (Lipinski definition) is 5. The van der Waals surface area contributed by atoms with Gasteiger partial charge in [-0.25, -0.2) is 9.97 Å². The third-order valence-electron chi connectivity index (χ3n) is 4.56. The van der Waals surface area contributed by atoms with Crippen molar-refractivity contribution in [2.45, 2.75) is 12.7 Å². The summed E-state index contributed by atoms with van der Waals surface area (Å²) in [6.07, 6.45) is -3.68. The second-order valence-corrected chi connectivity index (χ2v) is 6.73. The number of aromatic nitrogens is 3. The van der Waals surface area contributed by atoms with Crippen molar-refractivity contribution < 1.29 is 17.9 Å². The summed E-state index contributed by atoms with van der Waals surface area (Å²) in [6, 6.07) is 14.8. The highest BCUT2D eigenvalue weighted by molar-refractivity contribution is 5.81. The summed E-state index contributed by atoms with van der Waals surface area (Å²) >= 11 is 0. The van der Waals surface area contributed by atoms with Gasteiger partial charge in [-0.2, -0.15) is 13.2 Å². The van der Waals surface area contributed by atoms with Crippen molar-refractivity contribution >= 4 is 22.7 Å². The molecule has 0 bridgehead atoms. The van der Waals surface area contributed by atoms with Crippen LogP contribution in [0.2, 0.25) is 0 Å². The Balaban J connectivity index is 1.40. The number of fused-ring (bicyclic) bond motifs is 1. The Morgan fingerprint density at radius 3 is 2.50 bits per heavy atom. The number of aryl methyl sites for hydroxylation is 1. The predicted molar refractivity (Wildman–Crippen MR) is 108 cm³/mol. The van der Waals surface area contributed by atoms with Gasteiger partial charge in [-0.05, 0) is 42.0 Å². The molecule has 0 unspecified atom stereocenters. The minimum Gasteiger partial charge on any atom is -0.439 e. The second kappa shape index (κ2) is 7.58. The number of nitrogen functional groups attached to an aromatic ring is 1. The van der Waals surface area contributed by atoms with E-state index >= 15 is 0 Å². The predicted octanol–water partition coefficient (Wildman–Crippen LogP) is 4.97. The molecule has 154 valence electrons. The molecule has 0 saturated heterocycles. The average Bonchev–Trinajstić information content (AvgIpc) is 3.02. The van der Waals surface area contributed by atoms with E-state index in [9.17, 15) is 13.2 Å². The minimum absolute atomic E-state index is 0.0906. The summed E-state index contributed by atoms with van der Waals surface area (Å²) in [7, 11) is 1.91. The number of nitrogens with zero attached hydrogens (tertiary/aromatic N) is 3. The summed E-state index contributed by atoms with van der Waals surface area (Å²) in [4.78, 5) is 8.25. The third-order valence-corrected chi connectivity index (χ3v) is 4.56. The van der Waals surface area contributed by atoms with Crippen molar-refractivity contribution in [3.8, 4) is 11.6 Å². The maximum Gasteiger partial charge on any atom is 0.417 e. The topological polar surface area (TPSA) is 78.0 Å². The van der Waals surface area contributed by atoms with Crippen LogP contribution in [0.4, 0.5) is 24.8 Å². The molecule has 30 heavy (non-hydrogen) atoms. The van der Waals surface area contributed by atoms with E-state index in [1.165, 1.54) is 6.07 Å². The first-order chi connectivity index (χ1) is 14.3. The van der Waals surface area contributed by atoms with Crippen molar-refractivity contribution in [1.29, 1.82) is 0 Å². The highest BCUT2D eigenvalue weighted by atomic mass is 19.4. The van der Waals surface area contributed by atoms with E-state index in [1.54, 1.807) is 12.1 Å². The van der Waals surface area contributed by atoms with Crippen LogP contribution in [0.15, 0.2) is 60.8 Å². The molecule has 4 aromatic rings. The number of ether oxygens (including phenoxy) is 1. The normalized spacial score (nSPS) is 11.6. The summed E-state index contributed by atoms with van der Waals surface area (Å²) in [5.41, 5.74) is 8.46. The number of alkyl halides is 3. The van der Waals surface area contributed by atoms with E-state index in [4.69, 9.17) is 10.5 Å². The van der Waals surface area contributed by atoms with Crippen LogP contribution in [-0.4, -0.2) is 14.5 Å². The van der Waals surface area contributed by atoms with Crippen molar-refractivity contribution in [1.82, 2.24) is 14.5 Å². The summed E-state index contributed by atoms with van der Waals surface area (Å²) in [5, 5.41) is 3.28. The highest BCUT2D eigenvalue weighted by Gasteiger charge is 2.30. The van der Waals surface area contributed by atoms with Gasteiger partial charge in [0.15, 0.2) is 0 Å². The highest BCUT2D eigenvalue weighted by Crippen LogP contribution is 2.30. The van der Waals surface area contributed by atoms with E-state index in [0.29, 0.717) is 23.9 Å². The van der Waals surface area contributed by atoms with Crippen molar-refractivity contribution in [2.24, 2.45) is 7.05 Å². The maximum absolute atomic E-state index is 12.6. The Morgan fingerprint density at radius 1 is 1.07 bits per heavy atom. The fourth-order valence-corrected chi connectivity index (χ4v) is 2.95.